The quantitative estimate of drug-likeness (QED) is 0.842. The molecule has 1 amide bonds. The molecule has 2 rings (SSSR count). The van der Waals surface area contributed by atoms with Gasteiger partial charge in [0, 0.05) is 5.56 Å². The van der Waals surface area contributed by atoms with Gasteiger partial charge in [0.25, 0.3) is 5.91 Å². The van der Waals surface area contributed by atoms with Crippen LogP contribution >= 0.6 is 0 Å². The van der Waals surface area contributed by atoms with Crippen molar-refractivity contribution in [2.45, 2.75) is 32.2 Å². The summed E-state index contributed by atoms with van der Waals surface area (Å²) in [4.78, 5) is 23.3. The lowest BCUT2D eigenvalue weighted by Crippen LogP contribution is -2.42. The number of carbonyl (C=O) groups excluding carboxylic acids is 1. The third-order valence-electron chi connectivity index (χ3n) is 3.37. The highest BCUT2D eigenvalue weighted by Crippen LogP contribution is 2.25. The van der Waals surface area contributed by atoms with Crippen molar-refractivity contribution in [3.05, 3.63) is 35.4 Å². The van der Waals surface area contributed by atoms with E-state index in [0.29, 0.717) is 12.0 Å². The second kappa shape index (κ2) is 6.92. The molecule has 2 N–H and O–H groups in total. The standard InChI is InChI=1S/C16H19NO4/c1-2-3-7-13(16(19)20)17-15(18)12-9-11-6-4-5-8-14(11)21-10-12/h4-6,8-9,13H,2-3,7,10H2,1H3,(H,17,18)(H,19,20)/t13-/m0/s1. The van der Waals surface area contributed by atoms with Gasteiger partial charge in [0.15, 0.2) is 0 Å². The van der Waals surface area contributed by atoms with Gasteiger partial charge in [0.05, 0.1) is 5.57 Å². The van der Waals surface area contributed by atoms with Gasteiger partial charge in [-0.3, -0.25) is 4.79 Å². The van der Waals surface area contributed by atoms with Crippen LogP contribution in [0.5, 0.6) is 5.75 Å². The molecular weight excluding hydrogens is 270 g/mol. The number of ether oxygens (including phenoxy) is 1. The van der Waals surface area contributed by atoms with E-state index in [1.807, 2.05) is 31.2 Å². The molecule has 0 aliphatic carbocycles. The van der Waals surface area contributed by atoms with Crippen molar-refractivity contribution in [3.8, 4) is 5.75 Å². The Morgan fingerprint density at radius 2 is 2.14 bits per heavy atom. The smallest absolute Gasteiger partial charge is 0.326 e. The first-order valence-corrected chi connectivity index (χ1v) is 7.08. The molecule has 21 heavy (non-hydrogen) atoms. The Bertz CT molecular complexity index is 565. The molecule has 0 saturated carbocycles. The Morgan fingerprint density at radius 1 is 1.38 bits per heavy atom. The molecular formula is C16H19NO4. The van der Waals surface area contributed by atoms with Crippen molar-refractivity contribution < 1.29 is 19.4 Å². The van der Waals surface area contributed by atoms with E-state index < -0.39 is 12.0 Å². The van der Waals surface area contributed by atoms with Crippen LogP contribution in [0, 0.1) is 0 Å². The van der Waals surface area contributed by atoms with Crippen molar-refractivity contribution in [1.82, 2.24) is 5.32 Å². The molecule has 0 saturated heterocycles. The van der Waals surface area contributed by atoms with Crippen LogP contribution in [0.4, 0.5) is 0 Å². The van der Waals surface area contributed by atoms with Crippen LogP contribution in [-0.4, -0.2) is 29.6 Å². The maximum Gasteiger partial charge on any atom is 0.326 e. The number of carbonyl (C=O) groups is 2. The number of unbranched alkanes of at least 4 members (excludes halogenated alkanes) is 1. The number of nitrogens with one attached hydrogen (secondary N) is 1. The van der Waals surface area contributed by atoms with E-state index in [4.69, 9.17) is 9.84 Å². The second-order valence-corrected chi connectivity index (χ2v) is 5.00. The summed E-state index contributed by atoms with van der Waals surface area (Å²) < 4.78 is 5.50. The van der Waals surface area contributed by atoms with Crippen molar-refractivity contribution in [1.29, 1.82) is 0 Å². The second-order valence-electron chi connectivity index (χ2n) is 5.00. The minimum atomic E-state index is -1.01. The first-order valence-electron chi connectivity index (χ1n) is 7.08. The van der Waals surface area contributed by atoms with Crippen molar-refractivity contribution >= 4 is 18.0 Å². The first kappa shape index (κ1) is 15.1. The number of carboxylic acid groups (broad SMARTS) is 1. The van der Waals surface area contributed by atoms with Gasteiger partial charge >= 0.3 is 5.97 Å². The Kier molecular flexibility index (Phi) is 4.98. The molecule has 0 bridgehead atoms. The summed E-state index contributed by atoms with van der Waals surface area (Å²) >= 11 is 0. The van der Waals surface area contributed by atoms with Crippen LogP contribution in [0.2, 0.25) is 0 Å². The van der Waals surface area contributed by atoms with Crippen LogP contribution < -0.4 is 10.1 Å². The number of hydrogen-bond acceptors (Lipinski definition) is 3. The van der Waals surface area contributed by atoms with E-state index in [1.54, 1.807) is 6.08 Å². The van der Waals surface area contributed by atoms with Gasteiger partial charge in [-0.05, 0) is 18.6 Å². The van der Waals surface area contributed by atoms with Crippen LogP contribution in [-0.2, 0) is 9.59 Å². The summed E-state index contributed by atoms with van der Waals surface area (Å²) in [6.07, 6.45) is 3.82. The first-order chi connectivity index (χ1) is 10.1. The molecule has 1 heterocycles. The number of carboxylic acids is 1. The molecule has 0 spiro atoms. The molecule has 0 fully saturated rings. The number of amides is 1. The van der Waals surface area contributed by atoms with Gasteiger partial charge in [-0.15, -0.1) is 0 Å². The van der Waals surface area contributed by atoms with E-state index in [0.717, 1.165) is 24.2 Å². The molecule has 112 valence electrons. The van der Waals surface area contributed by atoms with Crippen molar-refractivity contribution in [3.63, 3.8) is 0 Å². The third-order valence-corrected chi connectivity index (χ3v) is 3.37. The number of hydrogen-bond donors (Lipinski definition) is 2. The van der Waals surface area contributed by atoms with Crippen LogP contribution in [0.3, 0.4) is 0 Å². The molecule has 1 aliphatic rings. The van der Waals surface area contributed by atoms with Gasteiger partial charge in [-0.25, -0.2) is 4.79 Å². The Hall–Kier alpha value is -2.30. The molecule has 1 aromatic rings. The Labute approximate surface area is 123 Å². The lowest BCUT2D eigenvalue weighted by molar-refractivity contribution is -0.141. The van der Waals surface area contributed by atoms with E-state index in [9.17, 15) is 9.59 Å². The molecule has 0 radical (unpaired) electrons. The van der Waals surface area contributed by atoms with Crippen LogP contribution in [0.15, 0.2) is 29.8 Å². The maximum atomic E-state index is 12.2. The van der Waals surface area contributed by atoms with Crippen molar-refractivity contribution in [2.75, 3.05) is 6.61 Å². The van der Waals surface area contributed by atoms with E-state index in [-0.39, 0.29) is 12.5 Å². The summed E-state index contributed by atoms with van der Waals surface area (Å²) in [5.41, 5.74) is 1.27. The van der Waals surface area contributed by atoms with Crippen LogP contribution in [0.25, 0.3) is 6.08 Å². The Balaban J connectivity index is 2.06. The molecule has 0 aromatic heterocycles. The van der Waals surface area contributed by atoms with E-state index in [1.165, 1.54) is 0 Å². The minimum Gasteiger partial charge on any atom is -0.488 e. The lowest BCUT2D eigenvalue weighted by atomic mass is 10.1. The zero-order valence-corrected chi connectivity index (χ0v) is 12.0. The van der Waals surface area contributed by atoms with Gasteiger partial charge < -0.3 is 15.2 Å². The zero-order valence-electron chi connectivity index (χ0n) is 12.0. The molecule has 0 unspecified atom stereocenters. The lowest BCUT2D eigenvalue weighted by Gasteiger charge is -2.19. The number of rotatable bonds is 6. The third kappa shape index (κ3) is 3.84. The fourth-order valence-electron chi connectivity index (χ4n) is 2.16. The average molecular weight is 289 g/mol. The van der Waals surface area contributed by atoms with Crippen LogP contribution in [0.1, 0.15) is 31.7 Å². The number of fused-ring (bicyclic) bond motifs is 1. The topological polar surface area (TPSA) is 75.6 Å². The summed E-state index contributed by atoms with van der Waals surface area (Å²) in [5, 5.41) is 11.7. The maximum absolute atomic E-state index is 12.2. The summed E-state index contributed by atoms with van der Waals surface area (Å²) in [7, 11) is 0. The highest BCUT2D eigenvalue weighted by Gasteiger charge is 2.23. The fraction of sp³-hybridized carbons (Fsp3) is 0.375. The van der Waals surface area contributed by atoms with Crippen molar-refractivity contribution in [2.24, 2.45) is 0 Å². The molecule has 1 aromatic carbocycles. The van der Waals surface area contributed by atoms with Gasteiger partial charge in [0.2, 0.25) is 0 Å². The van der Waals surface area contributed by atoms with Gasteiger partial charge in [-0.2, -0.15) is 0 Å². The average Bonchev–Trinajstić information content (AvgIpc) is 2.50. The normalized spacial score (nSPS) is 14.4. The predicted molar refractivity (Wildman–Crippen MR) is 79.0 cm³/mol. The number of benzene rings is 1. The summed E-state index contributed by atoms with van der Waals surface area (Å²) in [6.45, 7) is 2.14. The minimum absolute atomic E-state index is 0.156. The molecule has 5 nitrogen and oxygen atoms in total. The highest BCUT2D eigenvalue weighted by atomic mass is 16.5. The van der Waals surface area contributed by atoms with E-state index in [2.05, 4.69) is 5.32 Å². The highest BCUT2D eigenvalue weighted by molar-refractivity contribution is 6.00. The number of aliphatic carboxylic acids is 1. The Morgan fingerprint density at radius 3 is 2.86 bits per heavy atom. The zero-order chi connectivity index (χ0) is 15.2. The molecule has 1 atom stereocenters. The molecule has 5 heteroatoms. The molecule has 1 aliphatic heterocycles. The fourth-order valence-corrected chi connectivity index (χ4v) is 2.16. The van der Waals surface area contributed by atoms with E-state index >= 15 is 0 Å². The summed E-state index contributed by atoms with van der Waals surface area (Å²) in [6, 6.07) is 6.56. The SMILES string of the molecule is CCCC[C@H](NC(=O)C1=Cc2ccccc2OC1)C(=O)O. The predicted octanol–water partition coefficient (Wildman–Crippen LogP) is 2.22. The van der Waals surface area contributed by atoms with Gasteiger partial charge in [-0.1, -0.05) is 38.0 Å². The van der Waals surface area contributed by atoms with Gasteiger partial charge in [0.1, 0.15) is 18.4 Å². The summed E-state index contributed by atoms with van der Waals surface area (Å²) in [5.74, 6) is -0.655. The monoisotopic (exact) mass is 289 g/mol. The number of para-hydroxylation sites is 1. The largest absolute Gasteiger partial charge is 0.488 e.